The van der Waals surface area contributed by atoms with Crippen LogP contribution < -0.4 is 5.32 Å². The van der Waals surface area contributed by atoms with Crippen molar-refractivity contribution in [2.45, 2.75) is 30.9 Å². The molecule has 0 amide bonds. The van der Waals surface area contributed by atoms with Crippen LogP contribution in [0.1, 0.15) is 36.5 Å². The summed E-state index contributed by atoms with van der Waals surface area (Å²) < 4.78 is 27.9. The molecule has 100 valence electrons. The maximum absolute atomic E-state index is 11.4. The number of aliphatic hydroxyl groups is 1. The van der Waals surface area contributed by atoms with Gasteiger partial charge < -0.3 is 14.9 Å². The maximum atomic E-state index is 11.4. The Morgan fingerprint density at radius 3 is 2.89 bits per heavy atom. The van der Waals surface area contributed by atoms with Crippen LogP contribution in [0.25, 0.3) is 0 Å². The monoisotopic (exact) mass is 273 g/mol. The summed E-state index contributed by atoms with van der Waals surface area (Å²) in [6, 6.07) is -0.126. The molecule has 0 bridgehead atoms. The van der Waals surface area contributed by atoms with Crippen molar-refractivity contribution in [3.63, 3.8) is 0 Å². The lowest BCUT2D eigenvalue weighted by Gasteiger charge is -2.02. The van der Waals surface area contributed by atoms with Gasteiger partial charge in [-0.2, -0.15) is 4.98 Å². The van der Waals surface area contributed by atoms with Crippen LogP contribution in [0.4, 0.5) is 0 Å². The van der Waals surface area contributed by atoms with E-state index in [9.17, 15) is 13.5 Å². The Morgan fingerprint density at radius 1 is 1.44 bits per heavy atom. The van der Waals surface area contributed by atoms with Gasteiger partial charge in [0.25, 0.3) is 0 Å². The number of hydrogen-bond donors (Lipinski definition) is 2. The number of rotatable bonds is 2. The van der Waals surface area contributed by atoms with Crippen molar-refractivity contribution < 1.29 is 18.0 Å². The fourth-order valence-corrected chi connectivity index (χ4v) is 4.20. The van der Waals surface area contributed by atoms with Gasteiger partial charge in [-0.1, -0.05) is 5.16 Å². The van der Waals surface area contributed by atoms with Gasteiger partial charge in [-0.05, 0) is 12.8 Å². The lowest BCUT2D eigenvalue weighted by atomic mass is 10.1. The van der Waals surface area contributed by atoms with E-state index in [0.29, 0.717) is 31.1 Å². The molecule has 3 rings (SSSR count). The second kappa shape index (κ2) is 4.29. The highest BCUT2D eigenvalue weighted by atomic mass is 32.2. The number of nitrogens with one attached hydrogen (secondary N) is 1. The van der Waals surface area contributed by atoms with E-state index in [1.165, 1.54) is 0 Å². The van der Waals surface area contributed by atoms with E-state index in [4.69, 9.17) is 4.52 Å². The molecule has 7 nitrogen and oxygen atoms in total. The Hall–Kier alpha value is -0.990. The van der Waals surface area contributed by atoms with Gasteiger partial charge in [0, 0.05) is 12.5 Å². The van der Waals surface area contributed by atoms with Gasteiger partial charge in [0.1, 0.15) is 0 Å². The third-order valence-electron chi connectivity index (χ3n) is 3.46. The summed E-state index contributed by atoms with van der Waals surface area (Å²) >= 11 is 0. The van der Waals surface area contributed by atoms with Gasteiger partial charge in [-0.15, -0.1) is 0 Å². The van der Waals surface area contributed by atoms with Crippen LogP contribution in [0.5, 0.6) is 0 Å². The molecule has 3 heterocycles. The minimum absolute atomic E-state index is 0.104. The summed E-state index contributed by atoms with van der Waals surface area (Å²) in [5.41, 5.74) is 0. The van der Waals surface area contributed by atoms with E-state index in [-0.39, 0.29) is 23.5 Å². The Morgan fingerprint density at radius 2 is 2.28 bits per heavy atom. The van der Waals surface area contributed by atoms with Gasteiger partial charge in [0.15, 0.2) is 15.7 Å². The normalized spacial score (nSPS) is 35.1. The predicted octanol–water partition coefficient (Wildman–Crippen LogP) is -0.633. The lowest BCUT2D eigenvalue weighted by Crippen LogP contribution is -2.15. The first-order valence-corrected chi connectivity index (χ1v) is 7.81. The molecule has 0 aliphatic carbocycles. The average molecular weight is 273 g/mol. The van der Waals surface area contributed by atoms with E-state index in [2.05, 4.69) is 15.5 Å². The number of β-amino-alcohol motifs (C(OH)–C–C–N with tert-alkyl or cyclic N) is 1. The number of aromatic nitrogens is 2. The molecule has 3 atom stereocenters. The highest BCUT2D eigenvalue weighted by Crippen LogP contribution is 2.29. The summed E-state index contributed by atoms with van der Waals surface area (Å²) in [5, 5.41) is 16.4. The van der Waals surface area contributed by atoms with Gasteiger partial charge in [-0.25, -0.2) is 8.42 Å². The molecule has 1 aromatic rings. The zero-order valence-corrected chi connectivity index (χ0v) is 10.6. The first-order valence-electron chi connectivity index (χ1n) is 5.99. The Bertz CT molecular complexity index is 541. The number of aliphatic hydroxyl groups excluding tert-OH is 1. The molecule has 8 heteroatoms. The zero-order valence-electron chi connectivity index (χ0n) is 9.74. The molecular formula is C10H15N3O4S. The van der Waals surface area contributed by atoms with Crippen molar-refractivity contribution in [3.05, 3.63) is 11.7 Å². The number of sulfone groups is 1. The number of hydrogen-bond acceptors (Lipinski definition) is 7. The molecule has 2 N–H and O–H groups in total. The fourth-order valence-electron chi connectivity index (χ4n) is 2.46. The van der Waals surface area contributed by atoms with E-state index in [1.54, 1.807) is 0 Å². The highest BCUT2D eigenvalue weighted by molar-refractivity contribution is 7.91. The third-order valence-corrected chi connectivity index (χ3v) is 5.23. The zero-order chi connectivity index (χ0) is 12.8. The fraction of sp³-hybridized carbons (Fsp3) is 0.800. The minimum Gasteiger partial charge on any atom is -0.392 e. The molecule has 2 saturated heterocycles. The molecule has 2 aliphatic rings. The Balaban J connectivity index is 1.74. The lowest BCUT2D eigenvalue weighted by molar-refractivity contribution is 0.191. The van der Waals surface area contributed by atoms with Crippen LogP contribution in [0, 0.1) is 0 Å². The number of nitrogens with zero attached hydrogens (tertiary/aromatic N) is 2. The van der Waals surface area contributed by atoms with Crippen molar-refractivity contribution >= 4 is 9.84 Å². The highest BCUT2D eigenvalue weighted by Gasteiger charge is 2.34. The second-order valence-corrected chi connectivity index (χ2v) is 7.17. The van der Waals surface area contributed by atoms with Crippen molar-refractivity contribution in [3.8, 4) is 0 Å². The molecule has 1 aromatic heterocycles. The molecule has 0 spiro atoms. The Kier molecular flexibility index (Phi) is 2.87. The van der Waals surface area contributed by atoms with Crippen molar-refractivity contribution in [1.29, 1.82) is 0 Å². The first-order chi connectivity index (χ1) is 8.53. The van der Waals surface area contributed by atoms with Crippen molar-refractivity contribution in [1.82, 2.24) is 15.5 Å². The van der Waals surface area contributed by atoms with Crippen LogP contribution in [0.15, 0.2) is 4.52 Å². The first kappa shape index (κ1) is 12.1. The van der Waals surface area contributed by atoms with E-state index >= 15 is 0 Å². The molecule has 2 fully saturated rings. The van der Waals surface area contributed by atoms with E-state index in [1.807, 2.05) is 0 Å². The molecule has 0 saturated carbocycles. The van der Waals surface area contributed by atoms with Gasteiger partial charge in [-0.3, -0.25) is 0 Å². The Labute approximate surface area is 104 Å². The van der Waals surface area contributed by atoms with E-state index < -0.39 is 15.9 Å². The summed E-state index contributed by atoms with van der Waals surface area (Å²) in [6.07, 6.45) is 0.712. The van der Waals surface area contributed by atoms with Crippen molar-refractivity contribution in [2.24, 2.45) is 0 Å². The molecule has 18 heavy (non-hydrogen) atoms. The van der Waals surface area contributed by atoms with Crippen LogP contribution in [0.2, 0.25) is 0 Å². The molecule has 0 radical (unpaired) electrons. The quantitative estimate of drug-likeness (QED) is 0.738. The predicted molar refractivity (Wildman–Crippen MR) is 61.7 cm³/mol. The molecule has 0 aromatic carbocycles. The maximum Gasteiger partial charge on any atom is 0.243 e. The standard InChI is InChI=1S/C10H15N3O4S/c14-7-3-8(11-4-7)10-12-9(13-17-10)6-1-2-18(15,16)5-6/h6-8,11,14H,1-5H2/t6?,7?,8-/m0/s1. The van der Waals surface area contributed by atoms with Gasteiger partial charge in [0.2, 0.25) is 5.89 Å². The second-order valence-electron chi connectivity index (χ2n) is 4.94. The summed E-state index contributed by atoms with van der Waals surface area (Å²) in [4.78, 5) is 4.26. The molecule has 2 aliphatic heterocycles. The topological polar surface area (TPSA) is 105 Å². The SMILES string of the molecule is O=S1(=O)CCC(c2noc([C@@H]3CC(O)CN3)n2)C1. The van der Waals surface area contributed by atoms with Crippen LogP contribution in [-0.4, -0.2) is 47.8 Å². The summed E-state index contributed by atoms with van der Waals surface area (Å²) in [5.74, 6) is 1.05. The summed E-state index contributed by atoms with van der Waals surface area (Å²) in [6.45, 7) is 0.514. The van der Waals surface area contributed by atoms with Crippen LogP contribution >= 0.6 is 0 Å². The van der Waals surface area contributed by atoms with Crippen molar-refractivity contribution in [2.75, 3.05) is 18.1 Å². The van der Waals surface area contributed by atoms with Gasteiger partial charge in [0.05, 0.1) is 23.7 Å². The average Bonchev–Trinajstić information content (AvgIpc) is 2.96. The third kappa shape index (κ3) is 2.27. The molecule has 2 unspecified atom stereocenters. The van der Waals surface area contributed by atoms with Crippen LogP contribution in [0.3, 0.4) is 0 Å². The van der Waals surface area contributed by atoms with Crippen LogP contribution in [-0.2, 0) is 9.84 Å². The summed E-state index contributed by atoms with van der Waals surface area (Å²) in [7, 11) is -2.94. The minimum atomic E-state index is -2.94. The van der Waals surface area contributed by atoms with Gasteiger partial charge >= 0.3 is 0 Å². The largest absolute Gasteiger partial charge is 0.392 e. The smallest absolute Gasteiger partial charge is 0.243 e. The van der Waals surface area contributed by atoms with E-state index in [0.717, 1.165) is 0 Å². The molecular weight excluding hydrogens is 258 g/mol.